The van der Waals surface area contributed by atoms with Crippen molar-refractivity contribution >= 4 is 22.9 Å². The Kier molecular flexibility index (Phi) is 4.13. The van der Waals surface area contributed by atoms with Crippen LogP contribution >= 0.6 is 0 Å². The molecule has 0 aliphatic heterocycles. The Morgan fingerprint density at radius 3 is 2.58 bits per heavy atom. The first-order valence-electron chi connectivity index (χ1n) is 7.26. The van der Waals surface area contributed by atoms with Gasteiger partial charge in [0.25, 0.3) is 0 Å². The molecule has 0 amide bonds. The molecule has 3 aromatic rings. The van der Waals surface area contributed by atoms with Gasteiger partial charge in [0.1, 0.15) is 17.5 Å². The Morgan fingerprint density at radius 1 is 1.21 bits per heavy atom. The number of carboxylic acids is 1. The van der Waals surface area contributed by atoms with Crippen LogP contribution in [0.2, 0.25) is 0 Å². The van der Waals surface area contributed by atoms with E-state index in [2.05, 4.69) is 0 Å². The van der Waals surface area contributed by atoms with Gasteiger partial charge in [-0.3, -0.25) is 0 Å². The molecule has 4 nitrogen and oxygen atoms in total. The van der Waals surface area contributed by atoms with Gasteiger partial charge in [-0.05, 0) is 29.8 Å². The Balaban J connectivity index is 2.08. The minimum Gasteiger partial charge on any atom is -0.477 e. The third kappa shape index (κ3) is 3.03. The third-order valence-electron chi connectivity index (χ3n) is 3.74. The van der Waals surface area contributed by atoms with Crippen molar-refractivity contribution in [3.63, 3.8) is 0 Å². The van der Waals surface area contributed by atoms with E-state index in [1.165, 1.54) is 18.2 Å². The number of carboxylic acid groups (broad SMARTS) is 1. The van der Waals surface area contributed by atoms with Crippen LogP contribution in [0.25, 0.3) is 17.0 Å². The molecule has 0 spiro atoms. The second-order valence-electron chi connectivity index (χ2n) is 5.33. The predicted molar refractivity (Wildman–Crippen MR) is 88.7 cm³/mol. The first-order valence-corrected chi connectivity index (χ1v) is 7.26. The second-order valence-corrected chi connectivity index (χ2v) is 5.33. The molecule has 0 radical (unpaired) electrons. The predicted octanol–water partition coefficient (Wildman–Crippen LogP) is 3.82. The molecule has 0 unspecified atom stereocenters. The van der Waals surface area contributed by atoms with Crippen LogP contribution in [0.5, 0.6) is 0 Å². The van der Waals surface area contributed by atoms with Crippen molar-refractivity contribution < 1.29 is 14.3 Å². The summed E-state index contributed by atoms with van der Waals surface area (Å²) in [4.78, 5) is 11.1. The van der Waals surface area contributed by atoms with E-state index in [0.717, 1.165) is 16.5 Å². The zero-order chi connectivity index (χ0) is 17.1. The summed E-state index contributed by atoms with van der Waals surface area (Å²) in [6, 6.07) is 15.4. The van der Waals surface area contributed by atoms with E-state index in [-0.39, 0.29) is 11.4 Å². The van der Waals surface area contributed by atoms with Crippen molar-refractivity contribution in [2.75, 3.05) is 0 Å². The second kappa shape index (κ2) is 6.39. The number of nitriles is 1. The van der Waals surface area contributed by atoms with Gasteiger partial charge >= 0.3 is 5.97 Å². The van der Waals surface area contributed by atoms with Gasteiger partial charge in [0.05, 0.1) is 0 Å². The Hall–Kier alpha value is -3.39. The van der Waals surface area contributed by atoms with Gasteiger partial charge in [-0.2, -0.15) is 5.26 Å². The van der Waals surface area contributed by atoms with E-state index in [4.69, 9.17) is 10.4 Å². The van der Waals surface area contributed by atoms with Crippen LogP contribution in [0.4, 0.5) is 4.39 Å². The molecule has 1 heterocycles. The van der Waals surface area contributed by atoms with E-state index in [1.807, 2.05) is 28.8 Å². The van der Waals surface area contributed by atoms with Crippen LogP contribution in [0.15, 0.2) is 60.3 Å². The van der Waals surface area contributed by atoms with Gasteiger partial charge in [-0.25, -0.2) is 9.18 Å². The van der Waals surface area contributed by atoms with Gasteiger partial charge in [0.2, 0.25) is 0 Å². The lowest BCUT2D eigenvalue weighted by Crippen LogP contribution is -1.98. The lowest BCUT2D eigenvalue weighted by atomic mass is 10.1. The summed E-state index contributed by atoms with van der Waals surface area (Å²) in [5.41, 5.74) is 2.17. The fraction of sp³-hybridized carbons (Fsp3) is 0.0526. The number of benzene rings is 2. The normalized spacial score (nSPS) is 11.4. The average Bonchev–Trinajstić information content (AvgIpc) is 2.92. The SMILES string of the molecule is N#C/C(=C\c1cn(Cc2ccc(F)cc2)c2ccccc12)C(=O)O. The van der Waals surface area contributed by atoms with Crippen molar-refractivity contribution in [3.05, 3.63) is 77.2 Å². The van der Waals surface area contributed by atoms with Crippen molar-refractivity contribution in [1.82, 2.24) is 4.57 Å². The fourth-order valence-electron chi connectivity index (χ4n) is 2.60. The van der Waals surface area contributed by atoms with Crippen LogP contribution in [-0.4, -0.2) is 15.6 Å². The Bertz CT molecular complexity index is 979. The maximum atomic E-state index is 13.0. The number of rotatable bonds is 4. The highest BCUT2D eigenvalue weighted by atomic mass is 19.1. The molecule has 3 rings (SSSR count). The number of aromatic nitrogens is 1. The van der Waals surface area contributed by atoms with Crippen molar-refractivity contribution in [3.8, 4) is 6.07 Å². The number of fused-ring (bicyclic) bond motifs is 1. The van der Waals surface area contributed by atoms with Gasteiger partial charge in [-0.15, -0.1) is 0 Å². The molecule has 5 heteroatoms. The third-order valence-corrected chi connectivity index (χ3v) is 3.74. The number of hydrogen-bond acceptors (Lipinski definition) is 2. The summed E-state index contributed by atoms with van der Waals surface area (Å²) in [6.45, 7) is 0.517. The molecule has 0 saturated heterocycles. The van der Waals surface area contributed by atoms with E-state index >= 15 is 0 Å². The lowest BCUT2D eigenvalue weighted by Gasteiger charge is -2.05. The quantitative estimate of drug-likeness (QED) is 0.587. The first-order chi connectivity index (χ1) is 11.6. The maximum Gasteiger partial charge on any atom is 0.346 e. The van der Waals surface area contributed by atoms with Crippen LogP contribution in [0.3, 0.4) is 0 Å². The monoisotopic (exact) mass is 320 g/mol. The van der Waals surface area contributed by atoms with Gasteiger partial charge in [0, 0.05) is 29.2 Å². The molecule has 0 aliphatic rings. The number of hydrogen-bond donors (Lipinski definition) is 1. The summed E-state index contributed by atoms with van der Waals surface area (Å²) < 4.78 is 15.0. The number of para-hydroxylation sites is 1. The van der Waals surface area contributed by atoms with Crippen molar-refractivity contribution in [1.29, 1.82) is 5.26 Å². The number of halogens is 1. The molecule has 2 aromatic carbocycles. The molecule has 0 fully saturated rings. The fourth-order valence-corrected chi connectivity index (χ4v) is 2.60. The molecule has 0 saturated carbocycles. The largest absolute Gasteiger partial charge is 0.477 e. The maximum absolute atomic E-state index is 13.0. The van der Waals surface area contributed by atoms with E-state index in [1.54, 1.807) is 24.4 Å². The molecular weight excluding hydrogens is 307 g/mol. The average molecular weight is 320 g/mol. The number of carbonyl (C=O) groups is 1. The smallest absolute Gasteiger partial charge is 0.346 e. The topological polar surface area (TPSA) is 66.0 Å². The van der Waals surface area contributed by atoms with Gasteiger partial charge in [-0.1, -0.05) is 30.3 Å². The molecular formula is C19H13FN2O2. The zero-order valence-electron chi connectivity index (χ0n) is 12.6. The van der Waals surface area contributed by atoms with Gasteiger partial charge in [0.15, 0.2) is 0 Å². The van der Waals surface area contributed by atoms with E-state index in [9.17, 15) is 9.18 Å². The van der Waals surface area contributed by atoms with Crippen LogP contribution in [0, 0.1) is 17.1 Å². The Morgan fingerprint density at radius 2 is 1.92 bits per heavy atom. The highest BCUT2D eigenvalue weighted by Gasteiger charge is 2.11. The van der Waals surface area contributed by atoms with Crippen LogP contribution in [-0.2, 0) is 11.3 Å². The summed E-state index contributed by atoms with van der Waals surface area (Å²) in [5, 5.41) is 18.9. The zero-order valence-corrected chi connectivity index (χ0v) is 12.6. The van der Waals surface area contributed by atoms with Gasteiger partial charge < -0.3 is 9.67 Å². The molecule has 0 aliphatic carbocycles. The number of aliphatic carboxylic acids is 1. The molecule has 0 atom stereocenters. The molecule has 1 N–H and O–H groups in total. The van der Waals surface area contributed by atoms with Crippen molar-refractivity contribution in [2.45, 2.75) is 6.54 Å². The molecule has 0 bridgehead atoms. The van der Waals surface area contributed by atoms with Crippen LogP contribution in [0.1, 0.15) is 11.1 Å². The Labute approximate surface area is 137 Å². The first kappa shape index (κ1) is 15.5. The molecule has 24 heavy (non-hydrogen) atoms. The van der Waals surface area contributed by atoms with Crippen LogP contribution < -0.4 is 0 Å². The summed E-state index contributed by atoms with van der Waals surface area (Å²) >= 11 is 0. The minimum atomic E-state index is -1.26. The van der Waals surface area contributed by atoms with E-state index in [0.29, 0.717) is 12.1 Å². The highest BCUT2D eigenvalue weighted by molar-refractivity contribution is 6.00. The molecule has 118 valence electrons. The lowest BCUT2D eigenvalue weighted by molar-refractivity contribution is -0.132. The minimum absolute atomic E-state index is 0.292. The van der Waals surface area contributed by atoms with Crippen molar-refractivity contribution in [2.24, 2.45) is 0 Å². The summed E-state index contributed by atoms with van der Waals surface area (Å²) in [5.74, 6) is -1.55. The highest BCUT2D eigenvalue weighted by Crippen LogP contribution is 2.24. The van der Waals surface area contributed by atoms with E-state index < -0.39 is 5.97 Å². The summed E-state index contributed by atoms with van der Waals surface area (Å²) in [7, 11) is 0. The standard InChI is InChI=1S/C19H13FN2O2/c20-16-7-5-13(6-8-16)11-22-12-15(9-14(10-21)19(23)24)17-3-1-2-4-18(17)22/h1-9,12H,11H2,(H,23,24)/b14-9+. The summed E-state index contributed by atoms with van der Waals surface area (Å²) in [6.07, 6.45) is 3.17. The number of nitrogens with zero attached hydrogens (tertiary/aromatic N) is 2. The molecule has 1 aromatic heterocycles.